The molecule has 0 heterocycles. The summed E-state index contributed by atoms with van der Waals surface area (Å²) in [5.74, 6) is 0.408. The third-order valence-corrected chi connectivity index (χ3v) is 4.30. The topological polar surface area (TPSA) is 46.2 Å². The SMILES string of the molecule is Cc1cc(O)c(C)c(C)c1C1(CN)CCC1. The Balaban J connectivity index is 2.60. The molecule has 2 heteroatoms. The number of phenolic OH excluding ortho intramolecular Hbond substituents is 1. The van der Waals surface area contributed by atoms with E-state index in [4.69, 9.17) is 5.73 Å². The Morgan fingerprint density at radius 2 is 1.88 bits per heavy atom. The summed E-state index contributed by atoms with van der Waals surface area (Å²) in [6.45, 7) is 6.89. The molecule has 88 valence electrons. The number of nitrogens with two attached hydrogens (primary N) is 1. The van der Waals surface area contributed by atoms with Gasteiger partial charge in [-0.25, -0.2) is 0 Å². The number of aromatic hydroxyl groups is 1. The first-order valence-corrected chi connectivity index (χ1v) is 6.02. The van der Waals surface area contributed by atoms with Crippen LogP contribution in [0.5, 0.6) is 5.75 Å². The molecule has 0 aliphatic heterocycles. The first-order chi connectivity index (χ1) is 7.52. The molecule has 0 spiro atoms. The number of phenols is 1. The zero-order valence-corrected chi connectivity index (χ0v) is 10.4. The van der Waals surface area contributed by atoms with Gasteiger partial charge in [0, 0.05) is 12.0 Å². The summed E-state index contributed by atoms with van der Waals surface area (Å²) in [6, 6.07) is 1.88. The van der Waals surface area contributed by atoms with Gasteiger partial charge < -0.3 is 10.8 Å². The number of hydrogen-bond donors (Lipinski definition) is 2. The molecular weight excluding hydrogens is 198 g/mol. The van der Waals surface area contributed by atoms with Gasteiger partial charge in [-0.15, -0.1) is 0 Å². The molecule has 1 aromatic rings. The predicted molar refractivity (Wildman–Crippen MR) is 66.9 cm³/mol. The van der Waals surface area contributed by atoms with Crippen LogP contribution in [0.3, 0.4) is 0 Å². The van der Waals surface area contributed by atoms with Gasteiger partial charge in [-0.3, -0.25) is 0 Å². The Morgan fingerprint density at radius 3 is 2.31 bits per heavy atom. The molecule has 1 fully saturated rings. The van der Waals surface area contributed by atoms with Crippen LogP contribution in [0, 0.1) is 20.8 Å². The van der Waals surface area contributed by atoms with Crippen molar-refractivity contribution in [1.29, 1.82) is 0 Å². The van der Waals surface area contributed by atoms with E-state index < -0.39 is 0 Å². The Morgan fingerprint density at radius 1 is 1.25 bits per heavy atom. The first kappa shape index (κ1) is 11.5. The Bertz CT molecular complexity index is 414. The van der Waals surface area contributed by atoms with Crippen molar-refractivity contribution in [2.45, 2.75) is 45.4 Å². The van der Waals surface area contributed by atoms with Crippen molar-refractivity contribution in [3.8, 4) is 5.75 Å². The number of aryl methyl sites for hydroxylation is 1. The third-order valence-electron chi connectivity index (χ3n) is 4.30. The first-order valence-electron chi connectivity index (χ1n) is 6.02. The Hall–Kier alpha value is -1.02. The van der Waals surface area contributed by atoms with E-state index in [-0.39, 0.29) is 5.41 Å². The number of benzene rings is 1. The lowest BCUT2D eigenvalue weighted by Crippen LogP contribution is -2.42. The zero-order valence-electron chi connectivity index (χ0n) is 10.4. The van der Waals surface area contributed by atoms with E-state index >= 15 is 0 Å². The van der Waals surface area contributed by atoms with Gasteiger partial charge in [0.25, 0.3) is 0 Å². The van der Waals surface area contributed by atoms with E-state index in [1.165, 1.54) is 36.0 Å². The molecule has 2 nitrogen and oxygen atoms in total. The second kappa shape index (κ2) is 3.77. The van der Waals surface area contributed by atoms with Crippen LogP contribution in [0.1, 0.15) is 41.5 Å². The largest absolute Gasteiger partial charge is 0.508 e. The summed E-state index contributed by atoms with van der Waals surface area (Å²) in [6.07, 6.45) is 3.65. The maximum absolute atomic E-state index is 9.80. The normalized spacial score (nSPS) is 18.2. The summed E-state index contributed by atoms with van der Waals surface area (Å²) in [5, 5.41) is 9.80. The summed E-state index contributed by atoms with van der Waals surface area (Å²) in [4.78, 5) is 0. The highest BCUT2D eigenvalue weighted by Gasteiger charge is 2.39. The van der Waals surface area contributed by atoms with Crippen molar-refractivity contribution in [3.05, 3.63) is 28.3 Å². The minimum absolute atomic E-state index is 0.187. The minimum atomic E-state index is 0.187. The second-order valence-corrected chi connectivity index (χ2v) is 5.18. The smallest absolute Gasteiger partial charge is 0.119 e. The molecular formula is C14H21NO. The van der Waals surface area contributed by atoms with Crippen LogP contribution in [-0.2, 0) is 5.41 Å². The van der Waals surface area contributed by atoms with Crippen LogP contribution in [0.4, 0.5) is 0 Å². The van der Waals surface area contributed by atoms with Crippen molar-refractivity contribution in [2.24, 2.45) is 5.73 Å². The molecule has 0 aromatic heterocycles. The molecule has 2 rings (SSSR count). The molecule has 0 atom stereocenters. The summed E-state index contributed by atoms with van der Waals surface area (Å²) >= 11 is 0. The molecule has 3 N–H and O–H groups in total. The second-order valence-electron chi connectivity index (χ2n) is 5.18. The summed E-state index contributed by atoms with van der Waals surface area (Å²) in [5.41, 5.74) is 10.9. The molecule has 0 radical (unpaired) electrons. The van der Waals surface area contributed by atoms with Gasteiger partial charge in [0.1, 0.15) is 5.75 Å². The van der Waals surface area contributed by atoms with Gasteiger partial charge >= 0.3 is 0 Å². The van der Waals surface area contributed by atoms with E-state index in [9.17, 15) is 5.11 Å². The van der Waals surface area contributed by atoms with Crippen molar-refractivity contribution in [2.75, 3.05) is 6.54 Å². The van der Waals surface area contributed by atoms with Gasteiger partial charge in [0.2, 0.25) is 0 Å². The van der Waals surface area contributed by atoms with E-state index in [1.54, 1.807) is 0 Å². The van der Waals surface area contributed by atoms with Crippen molar-refractivity contribution >= 4 is 0 Å². The zero-order chi connectivity index (χ0) is 11.9. The number of hydrogen-bond acceptors (Lipinski definition) is 2. The molecule has 0 amide bonds. The molecule has 16 heavy (non-hydrogen) atoms. The van der Waals surface area contributed by atoms with Gasteiger partial charge in [-0.2, -0.15) is 0 Å². The maximum Gasteiger partial charge on any atom is 0.119 e. The lowest BCUT2D eigenvalue weighted by atomic mass is 9.62. The monoisotopic (exact) mass is 219 g/mol. The van der Waals surface area contributed by atoms with Crippen LogP contribution in [0.2, 0.25) is 0 Å². The highest BCUT2D eigenvalue weighted by molar-refractivity contribution is 5.51. The van der Waals surface area contributed by atoms with Gasteiger partial charge in [0.15, 0.2) is 0 Å². The van der Waals surface area contributed by atoms with Crippen molar-refractivity contribution < 1.29 is 5.11 Å². The summed E-state index contributed by atoms with van der Waals surface area (Å²) in [7, 11) is 0. The number of rotatable bonds is 2. The summed E-state index contributed by atoms with van der Waals surface area (Å²) < 4.78 is 0. The third kappa shape index (κ3) is 1.44. The van der Waals surface area contributed by atoms with Gasteiger partial charge in [-0.1, -0.05) is 6.42 Å². The lowest BCUT2D eigenvalue weighted by Gasteiger charge is -2.43. The van der Waals surface area contributed by atoms with Crippen LogP contribution >= 0.6 is 0 Å². The predicted octanol–water partition coefficient (Wildman–Crippen LogP) is 2.70. The molecule has 1 saturated carbocycles. The van der Waals surface area contributed by atoms with Crippen LogP contribution < -0.4 is 5.73 Å². The quantitative estimate of drug-likeness (QED) is 0.803. The molecule has 1 aliphatic rings. The standard InChI is InChI=1S/C14H21NO/c1-9-7-12(16)10(2)11(3)13(9)14(8-15)5-4-6-14/h7,16H,4-6,8,15H2,1-3H3. The van der Waals surface area contributed by atoms with Crippen molar-refractivity contribution in [1.82, 2.24) is 0 Å². The van der Waals surface area contributed by atoms with E-state index in [0.717, 1.165) is 12.1 Å². The molecule has 0 saturated heterocycles. The Labute approximate surface area is 97.5 Å². The minimum Gasteiger partial charge on any atom is -0.508 e. The highest BCUT2D eigenvalue weighted by atomic mass is 16.3. The lowest BCUT2D eigenvalue weighted by molar-refractivity contribution is 0.250. The van der Waals surface area contributed by atoms with Gasteiger partial charge in [-0.05, 0) is 61.9 Å². The molecule has 0 unspecified atom stereocenters. The maximum atomic E-state index is 9.80. The van der Waals surface area contributed by atoms with Crippen molar-refractivity contribution in [3.63, 3.8) is 0 Å². The Kier molecular flexibility index (Phi) is 2.70. The van der Waals surface area contributed by atoms with E-state index in [0.29, 0.717) is 5.75 Å². The average molecular weight is 219 g/mol. The van der Waals surface area contributed by atoms with Crippen LogP contribution in [0.25, 0.3) is 0 Å². The average Bonchev–Trinajstić information content (AvgIpc) is 2.18. The fourth-order valence-electron chi connectivity index (χ4n) is 3.04. The van der Waals surface area contributed by atoms with E-state index in [1.807, 2.05) is 13.0 Å². The fourth-order valence-corrected chi connectivity index (χ4v) is 3.04. The van der Waals surface area contributed by atoms with Gasteiger partial charge in [0.05, 0.1) is 0 Å². The molecule has 0 bridgehead atoms. The fraction of sp³-hybridized carbons (Fsp3) is 0.571. The van der Waals surface area contributed by atoms with Crippen LogP contribution in [-0.4, -0.2) is 11.7 Å². The van der Waals surface area contributed by atoms with E-state index in [2.05, 4.69) is 13.8 Å². The molecule has 1 aromatic carbocycles. The molecule has 1 aliphatic carbocycles. The highest BCUT2D eigenvalue weighted by Crippen LogP contribution is 2.46. The van der Waals surface area contributed by atoms with Crippen LogP contribution in [0.15, 0.2) is 6.07 Å².